The van der Waals surface area contributed by atoms with Crippen molar-refractivity contribution >= 4 is 0 Å². The highest BCUT2D eigenvalue weighted by molar-refractivity contribution is 5.33. The van der Waals surface area contributed by atoms with E-state index in [1.165, 1.54) is 5.57 Å². The van der Waals surface area contributed by atoms with Gasteiger partial charge in [0.1, 0.15) is 17.3 Å². The van der Waals surface area contributed by atoms with E-state index in [9.17, 15) is 10.2 Å². The van der Waals surface area contributed by atoms with Crippen LogP contribution in [0.15, 0.2) is 11.6 Å². The van der Waals surface area contributed by atoms with Crippen LogP contribution < -0.4 is 0 Å². The van der Waals surface area contributed by atoms with Crippen LogP contribution in [-0.2, 0) is 14.2 Å². The number of rotatable bonds is 1. The number of aliphatic hydroxyl groups is 2. The van der Waals surface area contributed by atoms with E-state index in [1.807, 2.05) is 6.92 Å². The van der Waals surface area contributed by atoms with Crippen LogP contribution in [0.25, 0.3) is 0 Å². The van der Waals surface area contributed by atoms with Crippen LogP contribution in [0.5, 0.6) is 0 Å². The Kier molecular flexibility index (Phi) is 3.01. The van der Waals surface area contributed by atoms with Crippen LogP contribution >= 0.6 is 0 Å². The van der Waals surface area contributed by atoms with Gasteiger partial charge in [-0.05, 0) is 51.4 Å². The molecule has 0 spiro atoms. The van der Waals surface area contributed by atoms with E-state index in [0.29, 0.717) is 6.42 Å². The maximum absolute atomic E-state index is 11.8. The molecular formula is C20H30O5. The second-order valence-electron chi connectivity index (χ2n) is 9.65. The zero-order valence-corrected chi connectivity index (χ0v) is 15.8. The summed E-state index contributed by atoms with van der Waals surface area (Å²) in [6.45, 7) is 10.4. The molecule has 0 aromatic heterocycles. The third-order valence-electron chi connectivity index (χ3n) is 8.11. The molecule has 4 heterocycles. The molecule has 0 amide bonds. The molecule has 4 saturated heterocycles. The van der Waals surface area contributed by atoms with Crippen molar-refractivity contribution in [2.24, 2.45) is 23.7 Å². The van der Waals surface area contributed by atoms with Gasteiger partial charge in [0.15, 0.2) is 6.29 Å². The lowest BCUT2D eigenvalue weighted by Crippen LogP contribution is -2.84. The van der Waals surface area contributed by atoms with E-state index in [0.717, 1.165) is 12.8 Å². The molecule has 6 aliphatic rings. The maximum atomic E-state index is 11.8. The average molecular weight is 350 g/mol. The minimum Gasteiger partial charge on any atom is -0.384 e. The Hall–Kier alpha value is -0.460. The van der Waals surface area contributed by atoms with Gasteiger partial charge in [0, 0.05) is 6.42 Å². The van der Waals surface area contributed by atoms with Gasteiger partial charge in [-0.1, -0.05) is 25.5 Å². The molecule has 0 aromatic carbocycles. The Morgan fingerprint density at radius 1 is 1.08 bits per heavy atom. The first-order valence-electron chi connectivity index (χ1n) is 9.73. The minimum atomic E-state index is -1.61. The molecule has 5 heteroatoms. The molecule has 10 atom stereocenters. The predicted molar refractivity (Wildman–Crippen MR) is 90.5 cm³/mol. The van der Waals surface area contributed by atoms with Crippen molar-refractivity contribution in [1.82, 2.24) is 0 Å². The average Bonchev–Trinajstić information content (AvgIpc) is 2.89. The van der Waals surface area contributed by atoms with Crippen molar-refractivity contribution in [3.63, 3.8) is 0 Å². The van der Waals surface area contributed by atoms with Crippen molar-refractivity contribution in [2.45, 2.75) is 88.9 Å². The van der Waals surface area contributed by atoms with Crippen LogP contribution in [0.3, 0.4) is 0 Å². The molecule has 2 saturated carbocycles. The van der Waals surface area contributed by atoms with Crippen LogP contribution in [0.2, 0.25) is 0 Å². The molecule has 0 unspecified atom stereocenters. The van der Waals surface area contributed by atoms with Crippen molar-refractivity contribution in [1.29, 1.82) is 0 Å². The van der Waals surface area contributed by atoms with Crippen LogP contribution in [0.1, 0.15) is 53.9 Å². The summed E-state index contributed by atoms with van der Waals surface area (Å²) in [6, 6.07) is 0. The Balaban J connectivity index is 1.76. The van der Waals surface area contributed by atoms with Crippen molar-refractivity contribution in [3.05, 3.63) is 11.6 Å². The summed E-state index contributed by atoms with van der Waals surface area (Å²) in [6.07, 6.45) is 3.75. The zero-order valence-electron chi connectivity index (χ0n) is 15.8. The first-order valence-corrected chi connectivity index (χ1v) is 9.73. The highest BCUT2D eigenvalue weighted by atomic mass is 16.8. The summed E-state index contributed by atoms with van der Waals surface area (Å²) in [7, 11) is 0. The van der Waals surface area contributed by atoms with Crippen molar-refractivity contribution < 1.29 is 24.4 Å². The maximum Gasteiger partial charge on any atom is 0.206 e. The molecule has 2 N–H and O–H groups in total. The molecule has 6 rings (SSSR count). The van der Waals surface area contributed by atoms with Gasteiger partial charge in [-0.2, -0.15) is 0 Å². The Morgan fingerprint density at radius 2 is 1.80 bits per heavy atom. The lowest BCUT2D eigenvalue weighted by atomic mass is 9.49. The van der Waals surface area contributed by atoms with Gasteiger partial charge in [-0.3, -0.25) is 0 Å². The predicted octanol–water partition coefficient (Wildman–Crippen LogP) is 2.36. The second-order valence-corrected chi connectivity index (χ2v) is 9.65. The monoisotopic (exact) mass is 350 g/mol. The second kappa shape index (κ2) is 4.50. The summed E-state index contributed by atoms with van der Waals surface area (Å²) in [5, 5.41) is 23.6. The highest BCUT2D eigenvalue weighted by Crippen LogP contribution is 2.73. The van der Waals surface area contributed by atoms with Crippen LogP contribution in [0, 0.1) is 23.7 Å². The third-order valence-corrected chi connectivity index (χ3v) is 8.11. The van der Waals surface area contributed by atoms with E-state index < -0.39 is 34.8 Å². The van der Waals surface area contributed by atoms with Crippen LogP contribution in [0.4, 0.5) is 0 Å². The topological polar surface area (TPSA) is 68.2 Å². The summed E-state index contributed by atoms with van der Waals surface area (Å²) in [5.74, 6) is -1.98. The Morgan fingerprint density at radius 3 is 2.48 bits per heavy atom. The van der Waals surface area contributed by atoms with E-state index in [2.05, 4.69) is 33.8 Å². The Bertz CT molecular complexity index is 658. The quantitative estimate of drug-likeness (QED) is 0.711. The summed E-state index contributed by atoms with van der Waals surface area (Å²) >= 11 is 0. The molecule has 25 heavy (non-hydrogen) atoms. The summed E-state index contributed by atoms with van der Waals surface area (Å²) in [4.78, 5) is 0. The molecule has 0 radical (unpaired) electrons. The minimum absolute atomic E-state index is 0.00782. The van der Waals surface area contributed by atoms with Gasteiger partial charge in [0.05, 0.1) is 11.5 Å². The molecule has 2 aliphatic carbocycles. The van der Waals surface area contributed by atoms with Gasteiger partial charge in [0.2, 0.25) is 5.79 Å². The van der Waals surface area contributed by atoms with E-state index in [-0.39, 0.29) is 23.9 Å². The molecule has 4 aliphatic heterocycles. The van der Waals surface area contributed by atoms with E-state index >= 15 is 0 Å². The summed E-state index contributed by atoms with van der Waals surface area (Å²) < 4.78 is 19.1. The molecule has 5 bridgehead atoms. The van der Waals surface area contributed by atoms with Gasteiger partial charge in [0.25, 0.3) is 0 Å². The van der Waals surface area contributed by atoms with Gasteiger partial charge >= 0.3 is 0 Å². The smallest absolute Gasteiger partial charge is 0.206 e. The number of fused-ring (bicyclic) bond motifs is 1. The third kappa shape index (κ3) is 1.56. The molecule has 140 valence electrons. The SMILES string of the molecule is CC(C)=C[C@H]1O[C@@]2(C)C[C@H]3O[C@@]14[C@@H](C)[C@@H]1CC[C@H](C)[C@]1(O)[C@](O)(O3)[C@@H]42. The number of allylic oxidation sites excluding steroid dienone is 1. The lowest BCUT2D eigenvalue weighted by Gasteiger charge is -2.69. The number of hydrogen-bond donors (Lipinski definition) is 2. The van der Waals surface area contributed by atoms with Gasteiger partial charge < -0.3 is 24.4 Å². The van der Waals surface area contributed by atoms with Crippen molar-refractivity contribution in [3.8, 4) is 0 Å². The molecule has 0 aromatic rings. The normalized spacial score (nSPS) is 64.3. The number of hydrogen-bond acceptors (Lipinski definition) is 5. The zero-order chi connectivity index (χ0) is 18.0. The molecular weight excluding hydrogens is 320 g/mol. The molecule has 6 fully saturated rings. The Labute approximate surface area is 149 Å². The fourth-order valence-electron chi connectivity index (χ4n) is 7.27. The van der Waals surface area contributed by atoms with Gasteiger partial charge in [-0.25, -0.2) is 0 Å². The fourth-order valence-corrected chi connectivity index (χ4v) is 7.27. The van der Waals surface area contributed by atoms with Crippen LogP contribution in [-0.4, -0.2) is 45.2 Å². The number of ether oxygens (including phenoxy) is 3. The first kappa shape index (κ1) is 16.7. The standard InChI is InChI=1S/C20H30O5/c1-10(2)8-14-18-12(4)13-7-6-11(3)19(13,21)20(22)16(18)17(5,23-14)9-15(24-18)25-20/h8,11-16,21-22H,6-7,9H2,1-5H3/t11-,12-,13-,14+,15-,16+,17-,18-,19+,20+/m0/s1. The molecule has 5 nitrogen and oxygen atoms in total. The first-order chi connectivity index (χ1) is 11.6. The largest absolute Gasteiger partial charge is 0.384 e. The van der Waals surface area contributed by atoms with Gasteiger partial charge in [-0.15, -0.1) is 0 Å². The summed E-state index contributed by atoms with van der Waals surface area (Å²) in [5.41, 5.74) is -1.26. The van der Waals surface area contributed by atoms with E-state index in [4.69, 9.17) is 14.2 Å². The fraction of sp³-hybridized carbons (Fsp3) is 0.900. The highest BCUT2D eigenvalue weighted by Gasteiger charge is 2.87. The lowest BCUT2D eigenvalue weighted by molar-refractivity contribution is -0.505. The van der Waals surface area contributed by atoms with E-state index in [1.54, 1.807) is 0 Å². The van der Waals surface area contributed by atoms with Crippen molar-refractivity contribution in [2.75, 3.05) is 0 Å².